The molecule has 1 heterocycles. The number of hydrogen-bond donors (Lipinski definition) is 2. The summed E-state index contributed by atoms with van der Waals surface area (Å²) in [6, 6.07) is 0.0675. The topological polar surface area (TPSA) is 95.4 Å². The number of carbonyl (C=O) groups excluding carboxylic acids is 1. The molecule has 0 aliphatic rings. The molecule has 0 fully saturated rings. The zero-order chi connectivity index (χ0) is 14.6. The van der Waals surface area contributed by atoms with Gasteiger partial charge < -0.3 is 15.3 Å². The lowest BCUT2D eigenvalue weighted by Crippen LogP contribution is -2.39. The third-order valence-corrected chi connectivity index (χ3v) is 2.37. The van der Waals surface area contributed by atoms with E-state index in [9.17, 15) is 9.59 Å². The molecule has 0 radical (unpaired) electrons. The van der Waals surface area contributed by atoms with Crippen LogP contribution < -0.4 is 10.2 Å². The summed E-state index contributed by atoms with van der Waals surface area (Å²) >= 11 is 0. The summed E-state index contributed by atoms with van der Waals surface area (Å²) in [6.45, 7) is 5.46. The van der Waals surface area contributed by atoms with Crippen LogP contribution in [0.3, 0.4) is 0 Å². The largest absolute Gasteiger partial charge is 0.478 e. The standard InChI is InChI=1S/C12H18N4O3/c1-7(2)14-10(17)6-16(4)12-13-5-9(11(18)19)8(3)15-12/h5,7H,6H2,1-4H3,(H,14,17)(H,18,19). The number of rotatable bonds is 5. The molecule has 7 heteroatoms. The Morgan fingerprint density at radius 1 is 1.47 bits per heavy atom. The van der Waals surface area contributed by atoms with E-state index in [-0.39, 0.29) is 24.1 Å². The highest BCUT2D eigenvalue weighted by Gasteiger charge is 2.14. The number of carbonyl (C=O) groups is 2. The van der Waals surface area contributed by atoms with E-state index in [1.807, 2.05) is 13.8 Å². The third kappa shape index (κ3) is 4.20. The Hall–Kier alpha value is -2.18. The van der Waals surface area contributed by atoms with Crippen LogP contribution in [0.1, 0.15) is 29.9 Å². The maximum absolute atomic E-state index is 11.6. The number of aromatic carboxylic acids is 1. The normalized spacial score (nSPS) is 10.4. The number of anilines is 1. The summed E-state index contributed by atoms with van der Waals surface area (Å²) in [4.78, 5) is 32.0. The molecular weight excluding hydrogens is 248 g/mol. The minimum atomic E-state index is -1.07. The van der Waals surface area contributed by atoms with Crippen molar-refractivity contribution in [3.8, 4) is 0 Å². The zero-order valence-electron chi connectivity index (χ0n) is 11.5. The number of hydrogen-bond acceptors (Lipinski definition) is 5. The Bertz CT molecular complexity index is 488. The predicted octanol–water partition coefficient (Wildman–Crippen LogP) is 0.444. The van der Waals surface area contributed by atoms with Gasteiger partial charge in [-0.3, -0.25) is 4.79 Å². The average Bonchev–Trinajstić information content (AvgIpc) is 2.26. The van der Waals surface area contributed by atoms with E-state index >= 15 is 0 Å². The molecular formula is C12H18N4O3. The van der Waals surface area contributed by atoms with Crippen molar-refractivity contribution in [3.63, 3.8) is 0 Å². The molecule has 7 nitrogen and oxygen atoms in total. The molecule has 0 spiro atoms. The van der Waals surface area contributed by atoms with Gasteiger partial charge in [0.2, 0.25) is 11.9 Å². The van der Waals surface area contributed by atoms with Gasteiger partial charge in [-0.15, -0.1) is 0 Å². The minimum absolute atomic E-state index is 0.0591. The molecule has 19 heavy (non-hydrogen) atoms. The molecule has 2 N–H and O–H groups in total. The van der Waals surface area contributed by atoms with Crippen molar-refractivity contribution in [2.75, 3.05) is 18.5 Å². The van der Waals surface area contributed by atoms with Crippen LogP contribution in [0.15, 0.2) is 6.20 Å². The first-order valence-corrected chi connectivity index (χ1v) is 5.88. The third-order valence-electron chi connectivity index (χ3n) is 2.37. The van der Waals surface area contributed by atoms with E-state index in [0.717, 1.165) is 0 Å². The molecule has 1 aromatic heterocycles. The van der Waals surface area contributed by atoms with E-state index in [4.69, 9.17) is 5.11 Å². The summed E-state index contributed by atoms with van der Waals surface area (Å²) in [5.74, 6) is -0.883. The molecule has 0 aromatic carbocycles. The molecule has 1 rings (SSSR count). The molecule has 0 saturated heterocycles. The van der Waals surface area contributed by atoms with Gasteiger partial charge in [0.1, 0.15) is 0 Å². The van der Waals surface area contributed by atoms with Gasteiger partial charge in [-0.05, 0) is 20.8 Å². The number of nitrogens with one attached hydrogen (secondary N) is 1. The summed E-state index contributed by atoms with van der Waals surface area (Å²) < 4.78 is 0. The van der Waals surface area contributed by atoms with Crippen LogP contribution >= 0.6 is 0 Å². The van der Waals surface area contributed by atoms with Crippen LogP contribution in [0, 0.1) is 6.92 Å². The first-order valence-electron chi connectivity index (χ1n) is 5.88. The number of likely N-dealkylation sites (N-methyl/N-ethyl adjacent to an activating group) is 1. The van der Waals surface area contributed by atoms with Crippen LogP contribution in [0.25, 0.3) is 0 Å². The van der Waals surface area contributed by atoms with Gasteiger partial charge in [0.05, 0.1) is 17.8 Å². The van der Waals surface area contributed by atoms with E-state index in [2.05, 4.69) is 15.3 Å². The van der Waals surface area contributed by atoms with Gasteiger partial charge >= 0.3 is 5.97 Å². The summed E-state index contributed by atoms with van der Waals surface area (Å²) in [5.41, 5.74) is 0.428. The quantitative estimate of drug-likeness (QED) is 0.803. The second-order valence-electron chi connectivity index (χ2n) is 4.55. The molecule has 104 valence electrons. The molecule has 0 aliphatic carbocycles. The van der Waals surface area contributed by atoms with Gasteiger partial charge in [-0.25, -0.2) is 14.8 Å². The van der Waals surface area contributed by atoms with Crippen LogP contribution in [0.5, 0.6) is 0 Å². The zero-order valence-corrected chi connectivity index (χ0v) is 11.5. The SMILES string of the molecule is Cc1nc(N(C)CC(=O)NC(C)C)ncc1C(=O)O. The van der Waals surface area contributed by atoms with E-state index in [0.29, 0.717) is 11.6 Å². The molecule has 1 aromatic rings. The lowest BCUT2D eigenvalue weighted by Gasteiger charge is -2.18. The molecule has 0 atom stereocenters. The molecule has 0 bridgehead atoms. The van der Waals surface area contributed by atoms with Crippen molar-refractivity contribution < 1.29 is 14.7 Å². The fourth-order valence-corrected chi connectivity index (χ4v) is 1.50. The van der Waals surface area contributed by atoms with Crippen LogP contribution in [0.4, 0.5) is 5.95 Å². The van der Waals surface area contributed by atoms with Gasteiger partial charge in [0.15, 0.2) is 0 Å². The van der Waals surface area contributed by atoms with Crippen molar-refractivity contribution in [1.29, 1.82) is 0 Å². The Morgan fingerprint density at radius 2 is 2.11 bits per heavy atom. The highest BCUT2D eigenvalue weighted by Crippen LogP contribution is 2.09. The van der Waals surface area contributed by atoms with Crippen LogP contribution in [-0.4, -0.2) is 46.6 Å². The fraction of sp³-hybridized carbons (Fsp3) is 0.500. The van der Waals surface area contributed by atoms with Gasteiger partial charge in [0.25, 0.3) is 0 Å². The van der Waals surface area contributed by atoms with E-state index in [1.165, 1.54) is 6.20 Å². The van der Waals surface area contributed by atoms with E-state index < -0.39 is 5.97 Å². The maximum Gasteiger partial charge on any atom is 0.339 e. The lowest BCUT2D eigenvalue weighted by molar-refractivity contribution is -0.120. The Balaban J connectivity index is 2.78. The van der Waals surface area contributed by atoms with Crippen molar-refractivity contribution >= 4 is 17.8 Å². The Labute approximate surface area is 111 Å². The van der Waals surface area contributed by atoms with Gasteiger partial charge in [0, 0.05) is 19.3 Å². The molecule has 0 saturated carbocycles. The Morgan fingerprint density at radius 3 is 2.58 bits per heavy atom. The average molecular weight is 266 g/mol. The van der Waals surface area contributed by atoms with Crippen molar-refractivity contribution in [1.82, 2.24) is 15.3 Å². The summed E-state index contributed by atoms with van der Waals surface area (Å²) in [6.07, 6.45) is 1.25. The molecule has 1 amide bonds. The van der Waals surface area contributed by atoms with Crippen molar-refractivity contribution in [2.45, 2.75) is 26.8 Å². The van der Waals surface area contributed by atoms with Gasteiger partial charge in [-0.2, -0.15) is 0 Å². The fourth-order valence-electron chi connectivity index (χ4n) is 1.50. The van der Waals surface area contributed by atoms with Crippen LogP contribution in [0.2, 0.25) is 0 Å². The smallest absolute Gasteiger partial charge is 0.339 e. The lowest BCUT2D eigenvalue weighted by atomic mass is 10.2. The first kappa shape index (κ1) is 14.9. The summed E-state index contributed by atoms with van der Waals surface area (Å²) in [5, 5.41) is 11.6. The highest BCUT2D eigenvalue weighted by atomic mass is 16.4. The molecule has 0 aliphatic heterocycles. The minimum Gasteiger partial charge on any atom is -0.478 e. The number of amides is 1. The molecule has 0 unspecified atom stereocenters. The van der Waals surface area contributed by atoms with Gasteiger partial charge in [-0.1, -0.05) is 0 Å². The van der Waals surface area contributed by atoms with Crippen LogP contribution in [-0.2, 0) is 4.79 Å². The van der Waals surface area contributed by atoms with E-state index in [1.54, 1.807) is 18.9 Å². The number of aromatic nitrogens is 2. The number of carboxylic acid groups (broad SMARTS) is 1. The Kier molecular flexibility index (Phi) is 4.80. The number of carboxylic acids is 1. The predicted molar refractivity (Wildman–Crippen MR) is 70.3 cm³/mol. The number of nitrogens with zero attached hydrogens (tertiary/aromatic N) is 3. The first-order chi connectivity index (χ1) is 8.81. The second kappa shape index (κ2) is 6.12. The monoisotopic (exact) mass is 266 g/mol. The summed E-state index contributed by atoms with van der Waals surface area (Å²) in [7, 11) is 1.68. The maximum atomic E-state index is 11.6. The number of aryl methyl sites for hydroxylation is 1. The van der Waals surface area contributed by atoms with Crippen molar-refractivity contribution in [3.05, 3.63) is 17.5 Å². The van der Waals surface area contributed by atoms with Crippen molar-refractivity contribution in [2.24, 2.45) is 0 Å². The highest BCUT2D eigenvalue weighted by molar-refractivity contribution is 5.88. The second-order valence-corrected chi connectivity index (χ2v) is 4.55.